The summed E-state index contributed by atoms with van der Waals surface area (Å²) in [7, 11) is 0. The van der Waals surface area contributed by atoms with Crippen molar-refractivity contribution < 1.29 is 0 Å². The summed E-state index contributed by atoms with van der Waals surface area (Å²) in [6, 6.07) is 8.29. The first-order valence-electron chi connectivity index (χ1n) is 8.23. The molecule has 1 N–H and O–H groups in total. The molecule has 1 aromatic carbocycles. The molecule has 3 atom stereocenters. The lowest BCUT2D eigenvalue weighted by molar-refractivity contribution is 0.325. The third-order valence-corrected chi connectivity index (χ3v) is 5.01. The Balaban J connectivity index is 1.92. The highest BCUT2D eigenvalue weighted by Gasteiger charge is 2.28. The van der Waals surface area contributed by atoms with E-state index in [9.17, 15) is 0 Å². The maximum Gasteiger partial charge on any atom is 0.0415 e. The number of benzene rings is 1. The molecule has 1 heterocycles. The van der Waals surface area contributed by atoms with Gasteiger partial charge in [-0.05, 0) is 44.2 Å². The van der Waals surface area contributed by atoms with Crippen molar-refractivity contribution >= 4 is 5.69 Å². The highest BCUT2D eigenvalue weighted by Crippen LogP contribution is 2.33. The smallest absolute Gasteiger partial charge is 0.0415 e. The predicted molar refractivity (Wildman–Crippen MR) is 86.2 cm³/mol. The standard InChI is InChI=1S/C18H28N2/c1-13-5-4-6-17(10-13)20-12-15(3)19-11-16-9-14(2)7-8-18(16)20/h7-9,13,15,17,19H,4-6,10-12H2,1-3H3. The first-order chi connectivity index (χ1) is 9.63. The Morgan fingerprint density at radius 3 is 2.85 bits per heavy atom. The van der Waals surface area contributed by atoms with E-state index < -0.39 is 0 Å². The maximum atomic E-state index is 3.67. The van der Waals surface area contributed by atoms with Gasteiger partial charge in [0, 0.05) is 30.9 Å². The average Bonchev–Trinajstić information content (AvgIpc) is 2.58. The second-order valence-corrected chi connectivity index (χ2v) is 6.99. The largest absolute Gasteiger partial charge is 0.367 e. The number of hydrogen-bond donors (Lipinski definition) is 1. The highest BCUT2D eigenvalue weighted by atomic mass is 15.2. The fraction of sp³-hybridized carbons (Fsp3) is 0.667. The summed E-state index contributed by atoms with van der Waals surface area (Å²) in [6.07, 6.45) is 5.54. The Hall–Kier alpha value is -1.02. The molecule has 2 nitrogen and oxygen atoms in total. The molecule has 2 aliphatic rings. The predicted octanol–water partition coefficient (Wildman–Crippen LogP) is 3.87. The lowest BCUT2D eigenvalue weighted by Gasteiger charge is -2.39. The molecule has 0 saturated heterocycles. The number of hydrogen-bond acceptors (Lipinski definition) is 2. The van der Waals surface area contributed by atoms with Crippen molar-refractivity contribution in [2.45, 2.75) is 65.1 Å². The van der Waals surface area contributed by atoms with Gasteiger partial charge in [-0.1, -0.05) is 37.5 Å². The highest BCUT2D eigenvalue weighted by molar-refractivity contribution is 5.56. The molecule has 3 rings (SSSR count). The minimum Gasteiger partial charge on any atom is -0.367 e. The fourth-order valence-corrected chi connectivity index (χ4v) is 3.91. The third kappa shape index (κ3) is 2.85. The summed E-state index contributed by atoms with van der Waals surface area (Å²) in [5, 5.41) is 3.67. The minimum atomic E-state index is 0.569. The molecule has 1 saturated carbocycles. The van der Waals surface area contributed by atoms with Gasteiger partial charge in [0.2, 0.25) is 0 Å². The van der Waals surface area contributed by atoms with Crippen LogP contribution in [0.2, 0.25) is 0 Å². The van der Waals surface area contributed by atoms with Crippen molar-refractivity contribution in [1.82, 2.24) is 5.32 Å². The Labute approximate surface area is 123 Å². The van der Waals surface area contributed by atoms with Gasteiger partial charge >= 0.3 is 0 Å². The second-order valence-electron chi connectivity index (χ2n) is 6.99. The van der Waals surface area contributed by atoms with Gasteiger partial charge in [0.15, 0.2) is 0 Å². The minimum absolute atomic E-state index is 0.569. The zero-order valence-electron chi connectivity index (χ0n) is 13.2. The molecule has 20 heavy (non-hydrogen) atoms. The molecular weight excluding hydrogens is 244 g/mol. The molecule has 0 amide bonds. The Bertz CT molecular complexity index is 468. The molecule has 0 radical (unpaired) electrons. The van der Waals surface area contributed by atoms with E-state index in [0.717, 1.165) is 25.0 Å². The van der Waals surface area contributed by atoms with Crippen molar-refractivity contribution in [2.24, 2.45) is 5.92 Å². The lowest BCUT2D eigenvalue weighted by atomic mass is 9.85. The van der Waals surface area contributed by atoms with E-state index in [0.29, 0.717) is 6.04 Å². The summed E-state index contributed by atoms with van der Waals surface area (Å²) in [5.74, 6) is 0.883. The summed E-state index contributed by atoms with van der Waals surface area (Å²) in [5.41, 5.74) is 4.33. The van der Waals surface area contributed by atoms with Crippen LogP contribution in [0.1, 0.15) is 50.7 Å². The van der Waals surface area contributed by atoms with Gasteiger partial charge < -0.3 is 10.2 Å². The summed E-state index contributed by atoms with van der Waals surface area (Å²) >= 11 is 0. The normalized spacial score (nSPS) is 30.8. The Morgan fingerprint density at radius 1 is 1.20 bits per heavy atom. The monoisotopic (exact) mass is 272 g/mol. The molecule has 0 bridgehead atoms. The van der Waals surface area contributed by atoms with Crippen LogP contribution in [0, 0.1) is 12.8 Å². The van der Waals surface area contributed by atoms with Crippen molar-refractivity contribution in [1.29, 1.82) is 0 Å². The van der Waals surface area contributed by atoms with E-state index in [-0.39, 0.29) is 0 Å². The van der Waals surface area contributed by atoms with Gasteiger partial charge in [-0.3, -0.25) is 0 Å². The third-order valence-electron chi connectivity index (χ3n) is 5.01. The number of anilines is 1. The Kier molecular flexibility index (Phi) is 4.02. The molecule has 2 heteroatoms. The molecule has 0 aromatic heterocycles. The van der Waals surface area contributed by atoms with Gasteiger partial charge in [-0.25, -0.2) is 0 Å². The number of nitrogens with one attached hydrogen (secondary N) is 1. The maximum absolute atomic E-state index is 3.67. The zero-order valence-corrected chi connectivity index (χ0v) is 13.2. The van der Waals surface area contributed by atoms with E-state index in [2.05, 4.69) is 49.2 Å². The van der Waals surface area contributed by atoms with E-state index >= 15 is 0 Å². The van der Waals surface area contributed by atoms with Gasteiger partial charge in [0.05, 0.1) is 0 Å². The number of rotatable bonds is 1. The Morgan fingerprint density at radius 2 is 2.05 bits per heavy atom. The summed E-state index contributed by atoms with van der Waals surface area (Å²) < 4.78 is 0. The van der Waals surface area contributed by atoms with E-state index in [1.807, 2.05) is 0 Å². The summed E-state index contributed by atoms with van der Waals surface area (Å²) in [6.45, 7) is 9.09. The average molecular weight is 272 g/mol. The van der Waals surface area contributed by atoms with Crippen LogP contribution in [0.3, 0.4) is 0 Å². The van der Waals surface area contributed by atoms with Crippen molar-refractivity contribution in [3.8, 4) is 0 Å². The van der Waals surface area contributed by atoms with E-state index in [1.165, 1.54) is 42.5 Å². The van der Waals surface area contributed by atoms with Crippen LogP contribution in [0.4, 0.5) is 5.69 Å². The molecule has 1 aliphatic heterocycles. The van der Waals surface area contributed by atoms with Crippen LogP contribution in [-0.2, 0) is 6.54 Å². The summed E-state index contributed by atoms with van der Waals surface area (Å²) in [4.78, 5) is 2.70. The van der Waals surface area contributed by atoms with Gasteiger partial charge in [-0.15, -0.1) is 0 Å². The van der Waals surface area contributed by atoms with Crippen LogP contribution in [0.5, 0.6) is 0 Å². The van der Waals surface area contributed by atoms with E-state index in [1.54, 1.807) is 0 Å². The SMILES string of the molecule is Cc1ccc2c(c1)CNC(C)CN2C1CCCC(C)C1. The zero-order chi connectivity index (χ0) is 14.1. The lowest BCUT2D eigenvalue weighted by Crippen LogP contribution is -2.44. The quantitative estimate of drug-likeness (QED) is 0.835. The first kappa shape index (κ1) is 13.9. The van der Waals surface area contributed by atoms with Crippen LogP contribution >= 0.6 is 0 Å². The molecule has 1 fully saturated rings. The first-order valence-corrected chi connectivity index (χ1v) is 8.23. The van der Waals surface area contributed by atoms with Gasteiger partial charge in [-0.2, -0.15) is 0 Å². The van der Waals surface area contributed by atoms with Crippen molar-refractivity contribution in [3.05, 3.63) is 29.3 Å². The topological polar surface area (TPSA) is 15.3 Å². The molecule has 1 aromatic rings. The van der Waals surface area contributed by atoms with Gasteiger partial charge in [0.25, 0.3) is 0 Å². The van der Waals surface area contributed by atoms with Crippen molar-refractivity contribution in [3.63, 3.8) is 0 Å². The van der Waals surface area contributed by atoms with Gasteiger partial charge in [0.1, 0.15) is 0 Å². The van der Waals surface area contributed by atoms with Crippen molar-refractivity contribution in [2.75, 3.05) is 11.4 Å². The number of fused-ring (bicyclic) bond motifs is 1. The molecular formula is C18H28N2. The number of nitrogens with zero attached hydrogens (tertiary/aromatic N) is 1. The molecule has 0 spiro atoms. The van der Waals surface area contributed by atoms with Crippen LogP contribution < -0.4 is 10.2 Å². The number of aryl methyl sites for hydroxylation is 1. The van der Waals surface area contributed by atoms with Crippen LogP contribution in [0.25, 0.3) is 0 Å². The van der Waals surface area contributed by atoms with Crippen LogP contribution in [0.15, 0.2) is 18.2 Å². The molecule has 3 unspecified atom stereocenters. The molecule has 1 aliphatic carbocycles. The second kappa shape index (κ2) is 5.77. The van der Waals surface area contributed by atoms with E-state index in [4.69, 9.17) is 0 Å². The molecule has 110 valence electrons. The fourth-order valence-electron chi connectivity index (χ4n) is 3.91. The van der Waals surface area contributed by atoms with Crippen LogP contribution in [-0.4, -0.2) is 18.6 Å².